The van der Waals surface area contributed by atoms with Crippen molar-refractivity contribution >= 4 is 11.8 Å². The molecular weight excluding hydrogens is 288 g/mol. The molecule has 0 spiro atoms. The second kappa shape index (κ2) is 7.16. The second-order valence-corrected chi connectivity index (χ2v) is 6.81. The quantitative estimate of drug-likeness (QED) is 0.776. The minimum absolute atomic E-state index is 0.141. The van der Waals surface area contributed by atoms with Crippen LogP contribution in [0.15, 0.2) is 24.3 Å². The second-order valence-electron chi connectivity index (χ2n) is 6.81. The minimum Gasteiger partial charge on any atom is -0.338 e. The molecule has 2 amide bonds. The monoisotopic (exact) mass is 314 g/mol. The molecule has 4 heteroatoms. The average Bonchev–Trinajstić information content (AvgIpc) is 3.29. The van der Waals surface area contributed by atoms with Crippen molar-refractivity contribution in [3.63, 3.8) is 0 Å². The maximum Gasteiger partial charge on any atom is 0.253 e. The predicted octanol–water partition coefficient (Wildman–Crippen LogP) is 3.07. The fourth-order valence-electron chi connectivity index (χ4n) is 3.18. The molecule has 1 aliphatic heterocycles. The van der Waals surface area contributed by atoms with Gasteiger partial charge in [0.1, 0.15) is 0 Å². The van der Waals surface area contributed by atoms with Gasteiger partial charge in [-0.05, 0) is 49.3 Å². The van der Waals surface area contributed by atoms with Gasteiger partial charge >= 0.3 is 0 Å². The molecule has 2 aliphatic rings. The molecule has 1 aliphatic carbocycles. The van der Waals surface area contributed by atoms with Gasteiger partial charge in [-0.1, -0.05) is 19.1 Å². The molecule has 0 aromatic heterocycles. The zero-order chi connectivity index (χ0) is 16.2. The summed E-state index contributed by atoms with van der Waals surface area (Å²) in [4.78, 5) is 28.2. The van der Waals surface area contributed by atoms with Gasteiger partial charge in [-0.2, -0.15) is 0 Å². The molecule has 1 saturated heterocycles. The van der Waals surface area contributed by atoms with E-state index in [1.165, 1.54) is 12.8 Å². The molecule has 1 heterocycles. The van der Waals surface area contributed by atoms with E-state index in [9.17, 15) is 9.59 Å². The van der Waals surface area contributed by atoms with Crippen LogP contribution < -0.4 is 0 Å². The Hall–Kier alpha value is -1.84. The molecule has 4 nitrogen and oxygen atoms in total. The molecule has 0 atom stereocenters. The summed E-state index contributed by atoms with van der Waals surface area (Å²) in [7, 11) is 0. The first kappa shape index (κ1) is 16.0. The van der Waals surface area contributed by atoms with E-state index in [1.807, 2.05) is 34.1 Å². The molecule has 3 rings (SSSR count). The highest BCUT2D eigenvalue weighted by Crippen LogP contribution is 2.30. The third kappa shape index (κ3) is 4.12. The summed E-state index contributed by atoms with van der Waals surface area (Å²) >= 11 is 0. The Morgan fingerprint density at radius 1 is 1.26 bits per heavy atom. The smallest absolute Gasteiger partial charge is 0.253 e. The summed E-state index contributed by atoms with van der Waals surface area (Å²) in [5.74, 6) is 1.09. The van der Waals surface area contributed by atoms with Crippen molar-refractivity contribution in [2.45, 2.75) is 45.6 Å². The van der Waals surface area contributed by atoms with Gasteiger partial charge in [0.25, 0.3) is 5.91 Å². The van der Waals surface area contributed by atoms with Gasteiger partial charge in [0.05, 0.1) is 0 Å². The van der Waals surface area contributed by atoms with Crippen LogP contribution in [0.5, 0.6) is 0 Å². The van der Waals surface area contributed by atoms with Gasteiger partial charge in [0.15, 0.2) is 0 Å². The van der Waals surface area contributed by atoms with Gasteiger partial charge in [-0.25, -0.2) is 0 Å². The van der Waals surface area contributed by atoms with E-state index in [1.54, 1.807) is 0 Å². The van der Waals surface area contributed by atoms with Gasteiger partial charge in [0, 0.05) is 38.2 Å². The van der Waals surface area contributed by atoms with Crippen molar-refractivity contribution in [1.29, 1.82) is 0 Å². The van der Waals surface area contributed by atoms with Gasteiger partial charge < -0.3 is 9.80 Å². The molecule has 124 valence electrons. The Labute approximate surface area is 138 Å². The van der Waals surface area contributed by atoms with E-state index in [-0.39, 0.29) is 11.8 Å². The first-order valence-electron chi connectivity index (χ1n) is 8.83. The van der Waals surface area contributed by atoms with Crippen LogP contribution in [0.2, 0.25) is 0 Å². The highest BCUT2D eigenvalue weighted by molar-refractivity contribution is 5.94. The molecular formula is C19H26N2O2. The van der Waals surface area contributed by atoms with Crippen LogP contribution in [0.25, 0.3) is 0 Å². The molecule has 23 heavy (non-hydrogen) atoms. The number of likely N-dealkylation sites (tertiary alicyclic amines) is 1. The molecule has 0 radical (unpaired) electrons. The molecule has 0 N–H and O–H groups in total. The number of benzene rings is 1. The lowest BCUT2D eigenvalue weighted by atomic mass is 10.1. The molecule has 2 fully saturated rings. The molecule has 1 aromatic rings. The van der Waals surface area contributed by atoms with Crippen LogP contribution in [-0.4, -0.2) is 41.2 Å². The van der Waals surface area contributed by atoms with E-state index in [2.05, 4.69) is 6.92 Å². The number of hydrogen-bond acceptors (Lipinski definition) is 2. The maximum atomic E-state index is 12.7. The highest BCUT2D eigenvalue weighted by atomic mass is 16.2. The first-order valence-corrected chi connectivity index (χ1v) is 8.83. The van der Waals surface area contributed by atoms with E-state index in [4.69, 9.17) is 0 Å². The van der Waals surface area contributed by atoms with Gasteiger partial charge in [0.2, 0.25) is 5.91 Å². The number of rotatable bonds is 7. The Morgan fingerprint density at radius 2 is 2.00 bits per heavy atom. The number of hydrogen-bond donors (Lipinski definition) is 0. The summed E-state index contributed by atoms with van der Waals surface area (Å²) in [6.45, 7) is 5.36. The fourth-order valence-corrected chi connectivity index (χ4v) is 3.18. The summed E-state index contributed by atoms with van der Waals surface area (Å²) in [6.07, 6.45) is 5.15. The topological polar surface area (TPSA) is 40.6 Å². The third-order valence-electron chi connectivity index (χ3n) is 4.70. The van der Waals surface area contributed by atoms with Crippen molar-refractivity contribution in [3.8, 4) is 0 Å². The Balaban J connectivity index is 1.62. The molecule has 1 saturated carbocycles. The zero-order valence-electron chi connectivity index (χ0n) is 14.0. The minimum atomic E-state index is 0.141. The maximum absolute atomic E-state index is 12.7. The zero-order valence-corrected chi connectivity index (χ0v) is 14.0. The van der Waals surface area contributed by atoms with Crippen molar-refractivity contribution in [3.05, 3.63) is 35.4 Å². The van der Waals surface area contributed by atoms with Crippen LogP contribution in [0.3, 0.4) is 0 Å². The first-order chi connectivity index (χ1) is 11.2. The summed E-state index contributed by atoms with van der Waals surface area (Å²) < 4.78 is 0. The lowest BCUT2D eigenvalue weighted by Crippen LogP contribution is -2.33. The molecule has 0 bridgehead atoms. The number of nitrogens with zero attached hydrogens (tertiary/aromatic N) is 2. The Bertz CT molecular complexity index is 563. The van der Waals surface area contributed by atoms with Crippen molar-refractivity contribution in [1.82, 2.24) is 9.80 Å². The van der Waals surface area contributed by atoms with Crippen LogP contribution >= 0.6 is 0 Å². The standard InChI is InChI=1S/C19H26N2O2/c1-2-11-21(14-15-5-6-15)19(23)17-9-7-16(8-10-17)13-20-12-3-4-18(20)22/h7-10,15H,2-6,11-14H2,1H3. The van der Waals surface area contributed by atoms with E-state index in [0.29, 0.717) is 18.9 Å². The van der Waals surface area contributed by atoms with E-state index < -0.39 is 0 Å². The predicted molar refractivity (Wildman–Crippen MR) is 90.0 cm³/mol. The molecule has 0 unspecified atom stereocenters. The van der Waals surface area contributed by atoms with Crippen LogP contribution in [0, 0.1) is 5.92 Å². The SMILES string of the molecule is CCCN(CC1CC1)C(=O)c1ccc(CN2CCCC2=O)cc1. The normalized spacial score (nSPS) is 17.6. The molecule has 1 aromatic carbocycles. The van der Waals surface area contributed by atoms with Crippen molar-refractivity contribution in [2.24, 2.45) is 5.92 Å². The Morgan fingerprint density at radius 3 is 2.57 bits per heavy atom. The van der Waals surface area contributed by atoms with E-state index in [0.717, 1.165) is 43.6 Å². The number of amides is 2. The largest absolute Gasteiger partial charge is 0.338 e. The lowest BCUT2D eigenvalue weighted by molar-refractivity contribution is -0.128. The highest BCUT2D eigenvalue weighted by Gasteiger charge is 2.27. The number of carbonyl (C=O) groups excluding carboxylic acids is 2. The van der Waals surface area contributed by atoms with Crippen molar-refractivity contribution in [2.75, 3.05) is 19.6 Å². The summed E-state index contributed by atoms with van der Waals surface area (Å²) in [5, 5.41) is 0. The van der Waals surface area contributed by atoms with Gasteiger partial charge in [-0.3, -0.25) is 9.59 Å². The van der Waals surface area contributed by atoms with Crippen LogP contribution in [0.4, 0.5) is 0 Å². The third-order valence-corrected chi connectivity index (χ3v) is 4.70. The number of carbonyl (C=O) groups is 2. The summed E-state index contributed by atoms with van der Waals surface area (Å²) in [6, 6.07) is 7.79. The lowest BCUT2D eigenvalue weighted by Gasteiger charge is -2.22. The summed E-state index contributed by atoms with van der Waals surface area (Å²) in [5.41, 5.74) is 1.86. The van der Waals surface area contributed by atoms with Gasteiger partial charge in [-0.15, -0.1) is 0 Å². The Kier molecular flexibility index (Phi) is 4.99. The van der Waals surface area contributed by atoms with Crippen LogP contribution in [-0.2, 0) is 11.3 Å². The average molecular weight is 314 g/mol. The van der Waals surface area contributed by atoms with Crippen LogP contribution in [0.1, 0.15) is 54.9 Å². The fraction of sp³-hybridized carbons (Fsp3) is 0.579. The van der Waals surface area contributed by atoms with Crippen molar-refractivity contribution < 1.29 is 9.59 Å². The van der Waals surface area contributed by atoms with E-state index >= 15 is 0 Å².